The number of aromatic nitrogens is 1. The molecule has 4 heteroatoms. The Morgan fingerprint density at radius 2 is 2.30 bits per heavy atom. The molecule has 1 fully saturated rings. The summed E-state index contributed by atoms with van der Waals surface area (Å²) in [5, 5.41) is 3.53. The fourth-order valence-corrected chi connectivity index (χ4v) is 2.62. The van der Waals surface area contributed by atoms with Gasteiger partial charge in [-0.05, 0) is 43.9 Å². The number of ether oxygens (including phenoxy) is 2. The van der Waals surface area contributed by atoms with Gasteiger partial charge in [0.15, 0.2) is 0 Å². The summed E-state index contributed by atoms with van der Waals surface area (Å²) < 4.78 is 11.6. The summed E-state index contributed by atoms with van der Waals surface area (Å²) in [5.41, 5.74) is 1.16. The second-order valence-electron chi connectivity index (χ2n) is 5.24. The molecule has 2 rings (SSSR count). The summed E-state index contributed by atoms with van der Waals surface area (Å²) in [4.78, 5) is 4.31. The molecular formula is C16H26N2O2. The Bertz CT molecular complexity index is 392. The van der Waals surface area contributed by atoms with Crippen LogP contribution in [0.5, 0.6) is 5.75 Å². The molecule has 1 aromatic heterocycles. The van der Waals surface area contributed by atoms with E-state index in [0.29, 0.717) is 0 Å². The van der Waals surface area contributed by atoms with Crippen molar-refractivity contribution in [3.05, 3.63) is 24.0 Å². The van der Waals surface area contributed by atoms with Crippen LogP contribution in [0.1, 0.15) is 51.1 Å². The van der Waals surface area contributed by atoms with Crippen LogP contribution in [-0.2, 0) is 4.74 Å². The molecule has 0 bridgehead atoms. The number of rotatable bonds is 7. The average Bonchev–Trinajstić information content (AvgIpc) is 2.52. The minimum Gasteiger partial charge on any atom is -0.492 e. The van der Waals surface area contributed by atoms with Crippen molar-refractivity contribution in [2.24, 2.45) is 0 Å². The topological polar surface area (TPSA) is 43.4 Å². The average molecular weight is 278 g/mol. The molecular weight excluding hydrogens is 252 g/mol. The highest BCUT2D eigenvalue weighted by atomic mass is 16.5. The van der Waals surface area contributed by atoms with Crippen LogP contribution in [0.2, 0.25) is 0 Å². The zero-order valence-corrected chi connectivity index (χ0v) is 12.6. The summed E-state index contributed by atoms with van der Waals surface area (Å²) in [7, 11) is 0. The lowest BCUT2D eigenvalue weighted by Crippen LogP contribution is -2.36. The molecule has 2 atom stereocenters. The van der Waals surface area contributed by atoms with Gasteiger partial charge in [-0.1, -0.05) is 13.8 Å². The Morgan fingerprint density at radius 3 is 3.00 bits per heavy atom. The van der Waals surface area contributed by atoms with Crippen molar-refractivity contribution in [2.45, 2.75) is 51.7 Å². The van der Waals surface area contributed by atoms with Crippen LogP contribution >= 0.6 is 0 Å². The third kappa shape index (κ3) is 4.18. The SMILES string of the molecule is CCCOc1cncc(C(NCC)C2CCCCO2)c1. The maximum Gasteiger partial charge on any atom is 0.137 e. The Hall–Kier alpha value is -1.13. The molecule has 0 aliphatic carbocycles. The number of likely N-dealkylation sites (N-methyl/N-ethyl adjacent to an activating group) is 1. The van der Waals surface area contributed by atoms with Crippen LogP contribution in [0.15, 0.2) is 18.5 Å². The van der Waals surface area contributed by atoms with E-state index in [1.165, 1.54) is 12.8 Å². The number of hydrogen-bond donors (Lipinski definition) is 1. The van der Waals surface area contributed by atoms with E-state index in [9.17, 15) is 0 Å². The van der Waals surface area contributed by atoms with Gasteiger partial charge in [0.2, 0.25) is 0 Å². The molecule has 20 heavy (non-hydrogen) atoms. The van der Waals surface area contributed by atoms with Crippen molar-refractivity contribution in [1.82, 2.24) is 10.3 Å². The molecule has 112 valence electrons. The molecule has 0 saturated carbocycles. The number of nitrogens with one attached hydrogen (secondary N) is 1. The minimum atomic E-state index is 0.206. The van der Waals surface area contributed by atoms with Crippen molar-refractivity contribution >= 4 is 0 Å². The molecule has 1 saturated heterocycles. The number of nitrogens with zero attached hydrogens (tertiary/aromatic N) is 1. The number of pyridine rings is 1. The van der Waals surface area contributed by atoms with Crippen molar-refractivity contribution < 1.29 is 9.47 Å². The maximum atomic E-state index is 5.94. The van der Waals surface area contributed by atoms with E-state index in [1.807, 2.05) is 6.20 Å². The van der Waals surface area contributed by atoms with E-state index in [2.05, 4.69) is 30.2 Å². The van der Waals surface area contributed by atoms with Crippen LogP contribution in [0.25, 0.3) is 0 Å². The standard InChI is InChI=1S/C16H26N2O2/c1-3-8-19-14-10-13(11-17-12-14)16(18-4-2)15-7-5-6-9-20-15/h10-12,15-16,18H,3-9H2,1-2H3. The van der Waals surface area contributed by atoms with Gasteiger partial charge in [-0.15, -0.1) is 0 Å². The normalized spacial score (nSPS) is 20.6. The molecule has 4 nitrogen and oxygen atoms in total. The molecule has 1 N–H and O–H groups in total. The summed E-state index contributed by atoms with van der Waals surface area (Å²) >= 11 is 0. The van der Waals surface area contributed by atoms with E-state index in [4.69, 9.17) is 9.47 Å². The van der Waals surface area contributed by atoms with Gasteiger partial charge in [-0.3, -0.25) is 4.98 Å². The first-order chi connectivity index (χ1) is 9.85. The van der Waals surface area contributed by atoms with Gasteiger partial charge in [0.25, 0.3) is 0 Å². The van der Waals surface area contributed by atoms with Gasteiger partial charge in [0.1, 0.15) is 5.75 Å². The molecule has 0 aromatic carbocycles. The molecule has 0 radical (unpaired) electrons. The smallest absolute Gasteiger partial charge is 0.137 e. The van der Waals surface area contributed by atoms with Crippen LogP contribution in [0.4, 0.5) is 0 Å². The quantitative estimate of drug-likeness (QED) is 0.832. The summed E-state index contributed by atoms with van der Waals surface area (Å²) in [5.74, 6) is 0.850. The van der Waals surface area contributed by atoms with E-state index in [-0.39, 0.29) is 12.1 Å². The van der Waals surface area contributed by atoms with Gasteiger partial charge in [-0.25, -0.2) is 0 Å². The van der Waals surface area contributed by atoms with E-state index >= 15 is 0 Å². The first-order valence-corrected chi connectivity index (χ1v) is 7.77. The second-order valence-corrected chi connectivity index (χ2v) is 5.24. The van der Waals surface area contributed by atoms with Gasteiger partial charge in [0, 0.05) is 12.8 Å². The molecule has 2 heterocycles. The lowest BCUT2D eigenvalue weighted by atomic mass is 9.96. The van der Waals surface area contributed by atoms with Crippen molar-refractivity contribution in [1.29, 1.82) is 0 Å². The highest BCUT2D eigenvalue weighted by Crippen LogP contribution is 2.27. The lowest BCUT2D eigenvalue weighted by molar-refractivity contribution is -0.00797. The van der Waals surface area contributed by atoms with E-state index in [1.54, 1.807) is 6.20 Å². The van der Waals surface area contributed by atoms with Crippen LogP contribution in [0.3, 0.4) is 0 Å². The minimum absolute atomic E-state index is 0.206. The largest absolute Gasteiger partial charge is 0.492 e. The summed E-state index contributed by atoms with van der Waals surface area (Å²) in [6.07, 6.45) is 8.48. The fraction of sp³-hybridized carbons (Fsp3) is 0.688. The van der Waals surface area contributed by atoms with Crippen LogP contribution < -0.4 is 10.1 Å². The van der Waals surface area contributed by atoms with E-state index < -0.39 is 0 Å². The first-order valence-electron chi connectivity index (χ1n) is 7.77. The molecule has 2 unspecified atom stereocenters. The van der Waals surface area contributed by atoms with Gasteiger partial charge >= 0.3 is 0 Å². The van der Waals surface area contributed by atoms with E-state index in [0.717, 1.165) is 43.9 Å². The molecule has 0 amide bonds. The summed E-state index contributed by atoms with van der Waals surface area (Å²) in [6.45, 7) is 6.75. The zero-order chi connectivity index (χ0) is 14.2. The van der Waals surface area contributed by atoms with Crippen molar-refractivity contribution in [3.63, 3.8) is 0 Å². The van der Waals surface area contributed by atoms with Crippen LogP contribution in [-0.4, -0.2) is 30.8 Å². The first kappa shape index (κ1) is 15.3. The fourth-order valence-electron chi connectivity index (χ4n) is 2.62. The Labute approximate surface area is 121 Å². The maximum absolute atomic E-state index is 5.94. The van der Waals surface area contributed by atoms with Gasteiger partial charge in [-0.2, -0.15) is 0 Å². The predicted molar refractivity (Wildman–Crippen MR) is 80.0 cm³/mol. The van der Waals surface area contributed by atoms with Crippen molar-refractivity contribution in [3.8, 4) is 5.75 Å². The monoisotopic (exact) mass is 278 g/mol. The molecule has 1 aromatic rings. The highest BCUT2D eigenvalue weighted by Gasteiger charge is 2.25. The zero-order valence-electron chi connectivity index (χ0n) is 12.6. The highest BCUT2D eigenvalue weighted by molar-refractivity contribution is 5.27. The third-order valence-corrected chi connectivity index (χ3v) is 3.58. The predicted octanol–water partition coefficient (Wildman–Crippen LogP) is 3.09. The van der Waals surface area contributed by atoms with Gasteiger partial charge in [0.05, 0.1) is 24.9 Å². The Balaban J connectivity index is 2.10. The molecule has 0 spiro atoms. The van der Waals surface area contributed by atoms with Crippen LogP contribution in [0, 0.1) is 0 Å². The lowest BCUT2D eigenvalue weighted by Gasteiger charge is -2.31. The second kappa shape index (κ2) is 8.22. The summed E-state index contributed by atoms with van der Waals surface area (Å²) in [6, 6.07) is 2.30. The molecule has 1 aliphatic heterocycles. The Morgan fingerprint density at radius 1 is 1.40 bits per heavy atom. The van der Waals surface area contributed by atoms with Crippen molar-refractivity contribution in [2.75, 3.05) is 19.8 Å². The molecule has 1 aliphatic rings. The Kier molecular flexibility index (Phi) is 6.27. The van der Waals surface area contributed by atoms with Gasteiger partial charge < -0.3 is 14.8 Å². The third-order valence-electron chi connectivity index (χ3n) is 3.58. The number of hydrogen-bond acceptors (Lipinski definition) is 4.